The predicted octanol–water partition coefficient (Wildman–Crippen LogP) is 3.77. The van der Waals surface area contributed by atoms with Gasteiger partial charge < -0.3 is 15.7 Å². The van der Waals surface area contributed by atoms with Gasteiger partial charge in [0.2, 0.25) is 0 Å². The third-order valence-electron chi connectivity index (χ3n) is 6.09. The van der Waals surface area contributed by atoms with Crippen LogP contribution < -0.4 is 10.6 Å². The van der Waals surface area contributed by atoms with Crippen LogP contribution in [0.3, 0.4) is 0 Å². The van der Waals surface area contributed by atoms with Crippen molar-refractivity contribution in [1.29, 1.82) is 0 Å². The quantitative estimate of drug-likeness (QED) is 0.722. The van der Waals surface area contributed by atoms with Gasteiger partial charge in [0.25, 0.3) is 5.91 Å². The number of nitrogens with zero attached hydrogens (tertiary/aromatic N) is 2. The zero-order valence-corrected chi connectivity index (χ0v) is 16.6. The third kappa shape index (κ3) is 3.37. The fourth-order valence-corrected chi connectivity index (χ4v) is 5.10. The lowest BCUT2D eigenvalue weighted by atomic mass is 9.95. The number of carbonyl (C=O) groups is 1. The summed E-state index contributed by atoms with van der Waals surface area (Å²) in [6.45, 7) is 0. The molecule has 3 N–H and O–H groups in total. The molecule has 0 radical (unpaired) electrons. The highest BCUT2D eigenvalue weighted by Crippen LogP contribution is 2.51. The van der Waals surface area contributed by atoms with Crippen molar-refractivity contribution in [1.82, 2.24) is 9.78 Å². The Morgan fingerprint density at radius 1 is 1.29 bits per heavy atom. The maximum atomic E-state index is 13.4. The summed E-state index contributed by atoms with van der Waals surface area (Å²) in [5, 5.41) is 20.4. The standard InChI is InChI=1S/C20H24ClFN4O2/c1-23-19-17(20(28)24-13-3-4-16(22)15(21)9-13)18(25-26(19)2)12-5-10-7-14(27)8-11(10)6-12/h3-4,9-12,14,23,27H,5-8H2,1-2H3,(H,24,28). The molecule has 0 bridgehead atoms. The van der Waals surface area contributed by atoms with Gasteiger partial charge in [-0.25, -0.2) is 4.39 Å². The van der Waals surface area contributed by atoms with Gasteiger partial charge in [0.15, 0.2) is 0 Å². The van der Waals surface area contributed by atoms with E-state index in [1.165, 1.54) is 18.2 Å². The molecule has 150 valence electrons. The number of benzene rings is 1. The first-order valence-corrected chi connectivity index (χ1v) is 9.94. The molecule has 6 nitrogen and oxygen atoms in total. The van der Waals surface area contributed by atoms with Gasteiger partial charge in [-0.1, -0.05) is 11.6 Å². The minimum atomic E-state index is -0.530. The zero-order chi connectivity index (χ0) is 20.0. The largest absolute Gasteiger partial charge is 0.393 e. The fraction of sp³-hybridized carbons (Fsp3) is 0.500. The monoisotopic (exact) mass is 406 g/mol. The molecular formula is C20H24ClFN4O2. The van der Waals surface area contributed by atoms with Crippen molar-refractivity contribution in [3.8, 4) is 0 Å². The molecule has 2 aliphatic carbocycles. The van der Waals surface area contributed by atoms with Crippen LogP contribution in [0.5, 0.6) is 0 Å². The number of nitrogens with one attached hydrogen (secondary N) is 2. The van der Waals surface area contributed by atoms with Gasteiger partial charge in [0.05, 0.1) is 16.8 Å². The van der Waals surface area contributed by atoms with Crippen molar-refractivity contribution in [2.45, 2.75) is 37.7 Å². The minimum Gasteiger partial charge on any atom is -0.393 e. The van der Waals surface area contributed by atoms with Crippen LogP contribution in [-0.4, -0.2) is 33.9 Å². The van der Waals surface area contributed by atoms with Gasteiger partial charge in [-0.2, -0.15) is 5.10 Å². The van der Waals surface area contributed by atoms with Crippen molar-refractivity contribution in [2.75, 3.05) is 17.7 Å². The fourth-order valence-electron chi connectivity index (χ4n) is 4.92. The molecule has 2 saturated carbocycles. The van der Waals surface area contributed by atoms with Gasteiger partial charge in [-0.15, -0.1) is 0 Å². The van der Waals surface area contributed by atoms with Gasteiger partial charge in [-0.05, 0) is 55.7 Å². The van der Waals surface area contributed by atoms with Crippen molar-refractivity contribution >= 4 is 29.0 Å². The topological polar surface area (TPSA) is 79.2 Å². The van der Waals surface area contributed by atoms with Crippen LogP contribution in [0.2, 0.25) is 5.02 Å². The molecule has 2 unspecified atom stereocenters. The number of aliphatic hydroxyl groups is 1. The summed E-state index contributed by atoms with van der Waals surface area (Å²) in [4.78, 5) is 13.1. The minimum absolute atomic E-state index is 0.0415. The van der Waals surface area contributed by atoms with E-state index >= 15 is 0 Å². The van der Waals surface area contributed by atoms with Crippen LogP contribution in [0.15, 0.2) is 18.2 Å². The number of amides is 1. The summed E-state index contributed by atoms with van der Waals surface area (Å²) in [5.41, 5.74) is 1.72. The summed E-state index contributed by atoms with van der Waals surface area (Å²) in [6, 6.07) is 4.10. The number of aryl methyl sites for hydroxylation is 1. The Balaban J connectivity index is 1.62. The summed E-state index contributed by atoms with van der Waals surface area (Å²) < 4.78 is 15.1. The van der Waals surface area contributed by atoms with Gasteiger partial charge in [0, 0.05) is 25.7 Å². The molecule has 2 aromatic rings. The number of fused-ring (bicyclic) bond motifs is 1. The second-order valence-electron chi connectivity index (χ2n) is 7.88. The Labute approximate surface area is 168 Å². The van der Waals surface area contributed by atoms with Gasteiger partial charge in [0.1, 0.15) is 17.2 Å². The highest BCUT2D eigenvalue weighted by atomic mass is 35.5. The summed E-state index contributed by atoms with van der Waals surface area (Å²) >= 11 is 5.83. The van der Waals surface area contributed by atoms with E-state index in [1.807, 2.05) is 0 Å². The molecule has 2 aliphatic rings. The van der Waals surface area contributed by atoms with Gasteiger partial charge >= 0.3 is 0 Å². The number of hydrogen-bond acceptors (Lipinski definition) is 4. The molecule has 0 spiro atoms. The maximum absolute atomic E-state index is 13.4. The third-order valence-corrected chi connectivity index (χ3v) is 6.38. The van der Waals surface area contributed by atoms with E-state index in [0.717, 1.165) is 31.4 Å². The lowest BCUT2D eigenvalue weighted by molar-refractivity contribution is 0.102. The number of halogens is 2. The average Bonchev–Trinajstić information content (AvgIpc) is 3.28. The zero-order valence-electron chi connectivity index (χ0n) is 15.9. The van der Waals surface area contributed by atoms with E-state index in [9.17, 15) is 14.3 Å². The van der Waals surface area contributed by atoms with Crippen LogP contribution >= 0.6 is 11.6 Å². The Bertz CT molecular complexity index is 902. The molecule has 1 amide bonds. The number of aliphatic hydroxyl groups excluding tert-OH is 1. The normalized spacial score (nSPS) is 26.3. The molecule has 0 saturated heterocycles. The molecule has 1 aromatic carbocycles. The van der Waals surface area contributed by atoms with Crippen LogP contribution in [0, 0.1) is 17.7 Å². The number of anilines is 2. The molecule has 2 fully saturated rings. The van der Waals surface area contributed by atoms with Crippen molar-refractivity contribution < 1.29 is 14.3 Å². The molecule has 0 aliphatic heterocycles. The molecule has 2 atom stereocenters. The molecule has 1 aromatic heterocycles. The van der Waals surface area contributed by atoms with Crippen LogP contribution in [-0.2, 0) is 7.05 Å². The van der Waals surface area contributed by atoms with Crippen molar-refractivity contribution in [2.24, 2.45) is 18.9 Å². The lowest BCUT2D eigenvalue weighted by Crippen LogP contribution is -2.16. The SMILES string of the molecule is CNc1c(C(=O)Nc2ccc(F)c(Cl)c2)c(C2CC3CC(O)CC3C2)nn1C. The van der Waals surface area contributed by atoms with E-state index in [-0.39, 0.29) is 23.0 Å². The number of hydrogen-bond donors (Lipinski definition) is 3. The second-order valence-corrected chi connectivity index (χ2v) is 8.29. The summed E-state index contributed by atoms with van der Waals surface area (Å²) in [7, 11) is 3.56. The molecular weight excluding hydrogens is 383 g/mol. The van der Waals surface area contributed by atoms with E-state index in [0.29, 0.717) is 28.9 Å². The second kappa shape index (κ2) is 7.37. The predicted molar refractivity (Wildman–Crippen MR) is 106 cm³/mol. The van der Waals surface area contributed by atoms with Gasteiger partial charge in [-0.3, -0.25) is 9.48 Å². The Kier molecular flexibility index (Phi) is 5.05. The van der Waals surface area contributed by atoms with Crippen LogP contribution in [0.1, 0.15) is 47.7 Å². The van der Waals surface area contributed by atoms with E-state index in [2.05, 4.69) is 15.7 Å². The average molecular weight is 407 g/mol. The first-order chi connectivity index (χ1) is 13.4. The number of rotatable bonds is 4. The van der Waals surface area contributed by atoms with E-state index < -0.39 is 5.82 Å². The molecule has 1 heterocycles. The number of aromatic nitrogens is 2. The van der Waals surface area contributed by atoms with Crippen molar-refractivity contribution in [3.05, 3.63) is 40.3 Å². The van der Waals surface area contributed by atoms with E-state index in [1.54, 1.807) is 18.8 Å². The first kappa shape index (κ1) is 19.2. The van der Waals surface area contributed by atoms with Crippen LogP contribution in [0.25, 0.3) is 0 Å². The summed E-state index contributed by atoms with van der Waals surface area (Å²) in [6.07, 6.45) is 3.35. The Hall–Kier alpha value is -2.12. The maximum Gasteiger partial charge on any atom is 0.261 e. The van der Waals surface area contributed by atoms with Crippen molar-refractivity contribution in [3.63, 3.8) is 0 Å². The first-order valence-electron chi connectivity index (χ1n) is 9.56. The molecule has 28 heavy (non-hydrogen) atoms. The van der Waals surface area contributed by atoms with E-state index in [4.69, 9.17) is 11.6 Å². The van der Waals surface area contributed by atoms with Crippen LogP contribution in [0.4, 0.5) is 15.9 Å². The smallest absolute Gasteiger partial charge is 0.261 e. The Morgan fingerprint density at radius 2 is 1.96 bits per heavy atom. The highest BCUT2D eigenvalue weighted by molar-refractivity contribution is 6.31. The Morgan fingerprint density at radius 3 is 2.57 bits per heavy atom. The molecule has 8 heteroatoms. The lowest BCUT2D eigenvalue weighted by Gasteiger charge is -2.13. The summed E-state index contributed by atoms with van der Waals surface area (Å²) in [5.74, 6) is 0.981. The highest BCUT2D eigenvalue weighted by Gasteiger charge is 2.43. The molecule has 4 rings (SSSR count). The number of carbonyl (C=O) groups excluding carboxylic acids is 1.